The van der Waals surface area contributed by atoms with Gasteiger partial charge in [-0.2, -0.15) is 5.21 Å². The highest BCUT2D eigenvalue weighted by atomic mass is 16.4. The van der Waals surface area contributed by atoms with E-state index in [0.717, 1.165) is 0 Å². The van der Waals surface area contributed by atoms with Gasteiger partial charge in [-0.1, -0.05) is 25.5 Å². The van der Waals surface area contributed by atoms with Crippen LogP contribution in [0, 0.1) is 5.92 Å². The van der Waals surface area contributed by atoms with Gasteiger partial charge in [0.2, 0.25) is 17.7 Å². The van der Waals surface area contributed by atoms with Crippen LogP contribution in [0.3, 0.4) is 0 Å². The van der Waals surface area contributed by atoms with Gasteiger partial charge in [-0.15, -0.1) is 10.2 Å². The number of carboxylic acids is 1. The summed E-state index contributed by atoms with van der Waals surface area (Å²) in [6.07, 6.45) is -0.176. The zero-order valence-corrected chi connectivity index (χ0v) is 18.7. The van der Waals surface area contributed by atoms with Crippen molar-refractivity contribution in [3.05, 3.63) is 5.82 Å². The van der Waals surface area contributed by atoms with Crippen LogP contribution in [0.4, 0.5) is 4.79 Å². The summed E-state index contributed by atoms with van der Waals surface area (Å²) in [4.78, 5) is 73.2. The molecule has 1 unspecified atom stereocenters. The lowest BCUT2D eigenvalue weighted by Crippen LogP contribution is -2.54. The van der Waals surface area contributed by atoms with Crippen molar-refractivity contribution >= 4 is 35.6 Å². The third-order valence-electron chi connectivity index (χ3n) is 5.15. The van der Waals surface area contributed by atoms with E-state index in [-0.39, 0.29) is 37.7 Å². The van der Waals surface area contributed by atoms with Gasteiger partial charge < -0.3 is 26.4 Å². The van der Waals surface area contributed by atoms with E-state index < -0.39 is 54.3 Å². The summed E-state index contributed by atoms with van der Waals surface area (Å²) < 4.78 is 0. The largest absolute Gasteiger partial charge is 0.481 e. The summed E-state index contributed by atoms with van der Waals surface area (Å²) in [6.45, 7) is 2.72. The second-order valence-corrected chi connectivity index (χ2v) is 7.55. The molecular weight excluding hydrogens is 454 g/mol. The summed E-state index contributed by atoms with van der Waals surface area (Å²) in [5, 5.41) is 31.4. The number of imide groups is 1. The van der Waals surface area contributed by atoms with Gasteiger partial charge in [0, 0.05) is 13.0 Å². The van der Waals surface area contributed by atoms with Crippen molar-refractivity contribution in [1.29, 1.82) is 0 Å². The highest BCUT2D eigenvalue weighted by Crippen LogP contribution is 2.10. The van der Waals surface area contributed by atoms with Crippen LogP contribution in [0.2, 0.25) is 0 Å². The molecule has 186 valence electrons. The van der Waals surface area contributed by atoms with Crippen molar-refractivity contribution in [2.45, 2.75) is 51.7 Å². The minimum Gasteiger partial charge on any atom is -0.481 e. The average Bonchev–Trinajstić information content (AvgIpc) is 3.47. The Morgan fingerprint density at radius 2 is 1.94 bits per heavy atom. The molecule has 1 saturated heterocycles. The summed E-state index contributed by atoms with van der Waals surface area (Å²) in [6, 6.07) is -2.95. The third-order valence-corrected chi connectivity index (χ3v) is 5.15. The van der Waals surface area contributed by atoms with Gasteiger partial charge in [-0.05, 0) is 5.92 Å². The molecule has 0 spiro atoms. The molecule has 1 aromatic rings. The van der Waals surface area contributed by atoms with Gasteiger partial charge in [0.15, 0.2) is 5.82 Å². The number of nitrogens with zero attached hydrogens (tertiary/aromatic N) is 4. The molecule has 1 aliphatic rings. The minimum atomic E-state index is -1.15. The van der Waals surface area contributed by atoms with Crippen LogP contribution in [-0.2, 0) is 30.5 Å². The fourth-order valence-corrected chi connectivity index (χ4v) is 3.07. The number of aromatic nitrogens is 4. The molecule has 6 N–H and O–H groups in total. The van der Waals surface area contributed by atoms with Crippen molar-refractivity contribution in [2.75, 3.05) is 13.1 Å². The van der Waals surface area contributed by atoms with Gasteiger partial charge in [-0.3, -0.25) is 24.0 Å². The molecule has 1 aliphatic heterocycles. The Morgan fingerprint density at radius 1 is 1.21 bits per heavy atom. The summed E-state index contributed by atoms with van der Waals surface area (Å²) in [5.74, 6) is -4.02. The first-order valence-electron chi connectivity index (χ1n) is 10.5. The number of tetrazole rings is 1. The zero-order chi connectivity index (χ0) is 25.3. The first-order valence-corrected chi connectivity index (χ1v) is 10.5. The van der Waals surface area contributed by atoms with Crippen LogP contribution >= 0.6 is 0 Å². The molecule has 3 atom stereocenters. The van der Waals surface area contributed by atoms with Crippen molar-refractivity contribution in [1.82, 2.24) is 46.8 Å². The number of nitrogens with one attached hydrogen (secondary N) is 5. The van der Waals surface area contributed by atoms with E-state index in [1.54, 1.807) is 13.8 Å². The zero-order valence-electron chi connectivity index (χ0n) is 18.7. The van der Waals surface area contributed by atoms with E-state index in [9.17, 15) is 28.8 Å². The Labute approximate surface area is 193 Å². The van der Waals surface area contributed by atoms with Crippen LogP contribution in [-0.4, -0.2) is 91.4 Å². The molecule has 0 radical (unpaired) electrons. The minimum absolute atomic E-state index is 0.0725. The molecule has 1 aromatic heterocycles. The normalized spacial score (nSPS) is 16.8. The highest BCUT2D eigenvalue weighted by Gasteiger charge is 2.40. The number of carboxylic acid groups (broad SMARTS) is 1. The smallest absolute Gasteiger partial charge is 0.325 e. The van der Waals surface area contributed by atoms with Crippen LogP contribution < -0.4 is 21.3 Å². The lowest BCUT2D eigenvalue weighted by molar-refractivity contribution is -0.139. The SMILES string of the molecule is CC[C@H](C)[C@H](NC(=O)CCC(=O)O)C(=O)NCC(=O)N1C(=O)NCC1C(=O)NCc1nn[nH]n1. The van der Waals surface area contributed by atoms with E-state index in [1.165, 1.54) is 0 Å². The number of urea groups is 1. The Hall–Kier alpha value is -4.11. The predicted molar refractivity (Wildman–Crippen MR) is 111 cm³/mol. The summed E-state index contributed by atoms with van der Waals surface area (Å²) >= 11 is 0. The van der Waals surface area contributed by atoms with Crippen LogP contribution in [0.15, 0.2) is 0 Å². The third kappa shape index (κ3) is 7.21. The number of rotatable bonds is 12. The van der Waals surface area contributed by atoms with Crippen LogP contribution in [0.25, 0.3) is 0 Å². The molecule has 0 aromatic carbocycles. The summed E-state index contributed by atoms with van der Waals surface area (Å²) in [7, 11) is 0. The van der Waals surface area contributed by atoms with E-state index in [0.29, 0.717) is 11.3 Å². The molecule has 2 heterocycles. The second kappa shape index (κ2) is 12.2. The van der Waals surface area contributed by atoms with E-state index in [2.05, 4.69) is 41.9 Å². The Balaban J connectivity index is 1.95. The quantitative estimate of drug-likeness (QED) is 0.180. The molecule has 16 nitrogen and oxygen atoms in total. The standard InChI is InChI=1S/C18H27N9O7/c1-3-9(2)15(22-12(28)4-5-14(30)31)17(33)20-8-13(29)27-10(6-21-18(27)34)16(32)19-7-11-23-25-26-24-11/h9-10,15H,3-8H2,1-2H3,(H,19,32)(H,20,33)(H,21,34)(H,22,28)(H,30,31)(H,23,24,25,26)/t9-,10?,15-/m0/s1. The Bertz CT molecular complexity index is 921. The van der Waals surface area contributed by atoms with Crippen molar-refractivity contribution in [3.8, 4) is 0 Å². The maximum Gasteiger partial charge on any atom is 0.325 e. The molecule has 16 heteroatoms. The maximum atomic E-state index is 12.7. The number of hydrogen-bond acceptors (Lipinski definition) is 9. The first kappa shape index (κ1) is 26.1. The molecule has 0 bridgehead atoms. The number of aliphatic carboxylic acids is 1. The fourth-order valence-electron chi connectivity index (χ4n) is 3.07. The van der Waals surface area contributed by atoms with Crippen LogP contribution in [0.5, 0.6) is 0 Å². The molecule has 6 amide bonds. The van der Waals surface area contributed by atoms with Gasteiger partial charge in [0.05, 0.1) is 19.5 Å². The Morgan fingerprint density at radius 3 is 2.56 bits per heavy atom. The number of hydrogen-bond donors (Lipinski definition) is 6. The number of H-pyrrole nitrogens is 1. The second-order valence-electron chi connectivity index (χ2n) is 7.55. The van der Waals surface area contributed by atoms with E-state index in [1.807, 2.05) is 0 Å². The topological polar surface area (TPSA) is 228 Å². The number of carbonyl (C=O) groups is 6. The number of aromatic amines is 1. The summed E-state index contributed by atoms with van der Waals surface area (Å²) in [5.41, 5.74) is 0. The molecule has 0 saturated carbocycles. The number of carbonyl (C=O) groups excluding carboxylic acids is 5. The van der Waals surface area contributed by atoms with E-state index >= 15 is 0 Å². The Kier molecular flexibility index (Phi) is 9.39. The lowest BCUT2D eigenvalue weighted by atomic mass is 9.98. The molecule has 1 fully saturated rings. The lowest BCUT2D eigenvalue weighted by Gasteiger charge is -2.24. The van der Waals surface area contributed by atoms with Crippen molar-refractivity contribution < 1.29 is 33.9 Å². The van der Waals surface area contributed by atoms with Crippen molar-refractivity contribution in [2.24, 2.45) is 5.92 Å². The number of amides is 6. The van der Waals surface area contributed by atoms with Crippen molar-refractivity contribution in [3.63, 3.8) is 0 Å². The van der Waals surface area contributed by atoms with Gasteiger partial charge in [0.1, 0.15) is 12.1 Å². The van der Waals surface area contributed by atoms with E-state index in [4.69, 9.17) is 5.11 Å². The fraction of sp³-hybridized carbons (Fsp3) is 0.611. The van der Waals surface area contributed by atoms with Crippen LogP contribution in [0.1, 0.15) is 38.9 Å². The predicted octanol–water partition coefficient (Wildman–Crippen LogP) is -2.75. The molecule has 34 heavy (non-hydrogen) atoms. The van der Waals surface area contributed by atoms with Gasteiger partial charge in [0.25, 0.3) is 5.91 Å². The molecular formula is C18H27N9O7. The molecule has 0 aliphatic carbocycles. The average molecular weight is 481 g/mol. The van der Waals surface area contributed by atoms with Gasteiger partial charge in [-0.25, -0.2) is 9.69 Å². The monoisotopic (exact) mass is 481 g/mol. The highest BCUT2D eigenvalue weighted by molar-refractivity contribution is 6.03. The maximum absolute atomic E-state index is 12.7. The first-order chi connectivity index (χ1) is 16.1. The molecule has 2 rings (SSSR count). The van der Waals surface area contributed by atoms with Gasteiger partial charge >= 0.3 is 12.0 Å².